The van der Waals surface area contributed by atoms with Crippen molar-refractivity contribution in [3.8, 4) is 0 Å². The zero-order chi connectivity index (χ0) is 14.4. The maximum Gasteiger partial charge on any atom is 0.303 e. The molecule has 7 heteroatoms. The molecular formula is C13H16N4O3. The lowest BCUT2D eigenvalue weighted by Crippen LogP contribution is -2.26. The van der Waals surface area contributed by atoms with Crippen molar-refractivity contribution in [3.05, 3.63) is 30.2 Å². The molecule has 0 aliphatic carbocycles. The molecule has 20 heavy (non-hydrogen) atoms. The van der Waals surface area contributed by atoms with Crippen LogP contribution < -0.4 is 5.32 Å². The van der Waals surface area contributed by atoms with Gasteiger partial charge in [-0.25, -0.2) is 0 Å². The molecule has 2 aromatic rings. The molecule has 0 aromatic carbocycles. The first-order valence-corrected chi connectivity index (χ1v) is 6.44. The molecule has 0 fully saturated rings. The van der Waals surface area contributed by atoms with Crippen LogP contribution in [0.25, 0.3) is 5.65 Å². The van der Waals surface area contributed by atoms with Gasteiger partial charge in [-0.1, -0.05) is 6.07 Å². The molecule has 2 heterocycles. The summed E-state index contributed by atoms with van der Waals surface area (Å²) in [6.45, 7) is 0.460. The highest BCUT2D eigenvalue weighted by molar-refractivity contribution is 5.76. The van der Waals surface area contributed by atoms with E-state index >= 15 is 0 Å². The predicted octanol–water partition coefficient (Wildman–Crippen LogP) is 0.643. The number of nitrogens with one attached hydrogen (secondary N) is 1. The fourth-order valence-electron chi connectivity index (χ4n) is 1.86. The Labute approximate surface area is 115 Å². The van der Waals surface area contributed by atoms with Crippen LogP contribution in [0.1, 0.15) is 25.1 Å². The van der Waals surface area contributed by atoms with E-state index in [1.54, 1.807) is 0 Å². The number of hydrogen-bond donors (Lipinski definition) is 2. The summed E-state index contributed by atoms with van der Waals surface area (Å²) < 4.78 is 1.87. The van der Waals surface area contributed by atoms with Crippen LogP contribution in [-0.4, -0.2) is 38.1 Å². The second-order valence-electron chi connectivity index (χ2n) is 4.39. The normalized spacial score (nSPS) is 10.6. The summed E-state index contributed by atoms with van der Waals surface area (Å²) >= 11 is 0. The highest BCUT2D eigenvalue weighted by Gasteiger charge is 2.06. The van der Waals surface area contributed by atoms with E-state index in [1.165, 1.54) is 0 Å². The molecule has 0 spiro atoms. The fraction of sp³-hybridized carbons (Fsp3) is 0.385. The van der Waals surface area contributed by atoms with Crippen molar-refractivity contribution in [1.29, 1.82) is 0 Å². The third kappa shape index (κ3) is 3.78. The quantitative estimate of drug-likeness (QED) is 0.773. The average molecular weight is 276 g/mol. The second-order valence-corrected chi connectivity index (χ2v) is 4.39. The van der Waals surface area contributed by atoms with Crippen LogP contribution in [0.15, 0.2) is 24.4 Å². The Bertz CT molecular complexity index is 608. The van der Waals surface area contributed by atoms with Gasteiger partial charge in [0, 0.05) is 32.0 Å². The van der Waals surface area contributed by atoms with E-state index in [9.17, 15) is 9.59 Å². The van der Waals surface area contributed by atoms with Crippen molar-refractivity contribution in [3.63, 3.8) is 0 Å². The van der Waals surface area contributed by atoms with E-state index in [0.717, 1.165) is 11.5 Å². The zero-order valence-electron chi connectivity index (χ0n) is 11.0. The summed E-state index contributed by atoms with van der Waals surface area (Å²) in [5.41, 5.74) is 0.773. The smallest absolute Gasteiger partial charge is 0.303 e. The first-order valence-electron chi connectivity index (χ1n) is 6.44. The Morgan fingerprint density at radius 2 is 2.10 bits per heavy atom. The standard InChI is InChI=1S/C13H16N4O3/c18-12(5-3-6-13(19)20)14-8-7-11-16-15-10-4-1-2-9-17(10)11/h1-2,4,9H,3,5-8H2,(H,14,18)(H,19,20). The molecule has 0 saturated heterocycles. The first kappa shape index (κ1) is 14.0. The molecule has 0 saturated carbocycles. The molecule has 7 nitrogen and oxygen atoms in total. The maximum absolute atomic E-state index is 11.5. The fourth-order valence-corrected chi connectivity index (χ4v) is 1.86. The SMILES string of the molecule is O=C(O)CCCC(=O)NCCc1nnc2ccccn12. The molecule has 2 rings (SSSR count). The molecule has 2 N–H and O–H groups in total. The van der Waals surface area contributed by atoms with Crippen LogP contribution in [0.3, 0.4) is 0 Å². The minimum atomic E-state index is -0.882. The molecule has 0 bridgehead atoms. The second kappa shape index (κ2) is 6.65. The molecule has 2 aromatic heterocycles. The third-order valence-electron chi connectivity index (χ3n) is 2.85. The van der Waals surface area contributed by atoms with Crippen molar-refractivity contribution < 1.29 is 14.7 Å². The minimum Gasteiger partial charge on any atom is -0.481 e. The van der Waals surface area contributed by atoms with Crippen molar-refractivity contribution >= 4 is 17.5 Å². The number of aliphatic carboxylic acids is 1. The number of aromatic nitrogens is 3. The number of carboxylic acid groups (broad SMARTS) is 1. The predicted molar refractivity (Wildman–Crippen MR) is 71.2 cm³/mol. The lowest BCUT2D eigenvalue weighted by molar-refractivity contribution is -0.137. The van der Waals surface area contributed by atoms with Gasteiger partial charge in [0.1, 0.15) is 5.82 Å². The number of rotatable bonds is 7. The highest BCUT2D eigenvalue weighted by atomic mass is 16.4. The first-order chi connectivity index (χ1) is 9.66. The average Bonchev–Trinajstić information content (AvgIpc) is 2.82. The van der Waals surface area contributed by atoms with Crippen LogP contribution in [0.5, 0.6) is 0 Å². The molecule has 0 aliphatic rings. The third-order valence-corrected chi connectivity index (χ3v) is 2.85. The van der Waals surface area contributed by atoms with Gasteiger partial charge in [0.2, 0.25) is 5.91 Å². The molecule has 0 radical (unpaired) electrons. The Hall–Kier alpha value is -2.44. The topological polar surface area (TPSA) is 96.6 Å². The number of carboxylic acids is 1. The number of pyridine rings is 1. The lowest BCUT2D eigenvalue weighted by atomic mass is 10.2. The van der Waals surface area contributed by atoms with E-state index in [2.05, 4.69) is 15.5 Å². The summed E-state index contributed by atoms with van der Waals surface area (Å²) in [5, 5.41) is 19.3. The van der Waals surface area contributed by atoms with Gasteiger partial charge in [-0.05, 0) is 18.6 Å². The van der Waals surface area contributed by atoms with E-state index in [-0.39, 0.29) is 18.7 Å². The summed E-state index contributed by atoms with van der Waals surface area (Å²) in [6, 6.07) is 5.64. The Morgan fingerprint density at radius 1 is 1.25 bits per heavy atom. The molecule has 106 valence electrons. The van der Waals surface area contributed by atoms with Crippen molar-refractivity contribution in [2.75, 3.05) is 6.54 Å². The Kier molecular flexibility index (Phi) is 4.65. The number of nitrogens with zero attached hydrogens (tertiary/aromatic N) is 3. The summed E-state index contributed by atoms with van der Waals surface area (Å²) in [6.07, 6.45) is 3.05. The molecule has 1 amide bonds. The Morgan fingerprint density at radius 3 is 2.90 bits per heavy atom. The van der Waals surface area contributed by atoms with E-state index in [4.69, 9.17) is 5.11 Å². The number of carbonyl (C=O) groups is 2. The van der Waals surface area contributed by atoms with Crippen LogP contribution in [0, 0.1) is 0 Å². The van der Waals surface area contributed by atoms with Gasteiger partial charge < -0.3 is 10.4 Å². The largest absolute Gasteiger partial charge is 0.481 e. The maximum atomic E-state index is 11.5. The minimum absolute atomic E-state index is 0.0161. The van der Waals surface area contributed by atoms with E-state index in [0.29, 0.717) is 19.4 Å². The monoisotopic (exact) mass is 276 g/mol. The molecule has 0 aliphatic heterocycles. The molecular weight excluding hydrogens is 260 g/mol. The van der Waals surface area contributed by atoms with Crippen molar-refractivity contribution in [1.82, 2.24) is 19.9 Å². The highest BCUT2D eigenvalue weighted by Crippen LogP contribution is 2.03. The van der Waals surface area contributed by atoms with Crippen LogP contribution in [0.4, 0.5) is 0 Å². The van der Waals surface area contributed by atoms with Gasteiger partial charge >= 0.3 is 5.97 Å². The summed E-state index contributed by atoms with van der Waals surface area (Å²) in [4.78, 5) is 21.8. The number of hydrogen-bond acceptors (Lipinski definition) is 4. The van der Waals surface area contributed by atoms with E-state index < -0.39 is 5.97 Å². The van der Waals surface area contributed by atoms with Gasteiger partial charge in [-0.3, -0.25) is 14.0 Å². The number of fused-ring (bicyclic) bond motifs is 1. The van der Waals surface area contributed by atoms with Gasteiger partial charge in [0.25, 0.3) is 0 Å². The Balaban J connectivity index is 1.75. The van der Waals surface area contributed by atoms with Crippen LogP contribution in [-0.2, 0) is 16.0 Å². The van der Waals surface area contributed by atoms with Gasteiger partial charge in [0.05, 0.1) is 0 Å². The summed E-state index contributed by atoms with van der Waals surface area (Å²) in [5.74, 6) is -0.237. The zero-order valence-corrected chi connectivity index (χ0v) is 11.0. The molecule has 0 atom stereocenters. The van der Waals surface area contributed by atoms with Crippen molar-refractivity contribution in [2.45, 2.75) is 25.7 Å². The lowest BCUT2D eigenvalue weighted by Gasteiger charge is -2.03. The number of amides is 1. The van der Waals surface area contributed by atoms with Gasteiger partial charge in [0.15, 0.2) is 5.65 Å². The van der Waals surface area contributed by atoms with Crippen molar-refractivity contribution in [2.24, 2.45) is 0 Å². The number of carbonyl (C=O) groups excluding carboxylic acids is 1. The summed E-state index contributed by atoms with van der Waals surface area (Å²) in [7, 11) is 0. The van der Waals surface area contributed by atoms with Gasteiger partial charge in [-0.2, -0.15) is 0 Å². The van der Waals surface area contributed by atoms with Crippen LogP contribution in [0.2, 0.25) is 0 Å². The van der Waals surface area contributed by atoms with E-state index in [1.807, 2.05) is 28.8 Å². The van der Waals surface area contributed by atoms with Gasteiger partial charge in [-0.15, -0.1) is 10.2 Å². The van der Waals surface area contributed by atoms with Crippen LogP contribution >= 0.6 is 0 Å². The molecule has 0 unspecified atom stereocenters.